The zero-order chi connectivity index (χ0) is 14.0. The fraction of sp³-hybridized carbons (Fsp3) is 0.562. The molecule has 1 atom stereocenters. The second kappa shape index (κ2) is 5.65. The molecule has 1 aliphatic carbocycles. The summed E-state index contributed by atoms with van der Waals surface area (Å²) in [5, 5.41) is 3.13. The third-order valence-electron chi connectivity index (χ3n) is 4.49. The van der Waals surface area contributed by atoms with Crippen LogP contribution in [0.15, 0.2) is 24.3 Å². The van der Waals surface area contributed by atoms with Gasteiger partial charge in [-0.1, -0.05) is 18.2 Å². The average molecular weight is 294 g/mol. The Bertz CT molecular complexity index is 499. The van der Waals surface area contributed by atoms with E-state index in [1.165, 1.54) is 12.8 Å². The Kier molecular flexibility index (Phi) is 3.88. The fourth-order valence-corrected chi connectivity index (χ4v) is 3.31. The van der Waals surface area contributed by atoms with E-state index in [1.807, 2.05) is 24.3 Å². The van der Waals surface area contributed by atoms with Gasteiger partial charge in [0.15, 0.2) is 0 Å². The lowest BCUT2D eigenvalue weighted by Crippen LogP contribution is -2.36. The topological polar surface area (TPSA) is 38.3 Å². The molecule has 20 heavy (non-hydrogen) atoms. The molecule has 1 heterocycles. The van der Waals surface area contributed by atoms with Gasteiger partial charge in [0.25, 0.3) is 0 Å². The van der Waals surface area contributed by atoms with Gasteiger partial charge >= 0.3 is 0 Å². The number of rotatable bonds is 5. The minimum absolute atomic E-state index is 0.0771. The van der Waals surface area contributed by atoms with Gasteiger partial charge in [-0.15, -0.1) is 11.6 Å². The highest BCUT2D eigenvalue weighted by Gasteiger charge is 2.42. The maximum Gasteiger partial charge on any atom is 0.227 e. The fourth-order valence-electron chi connectivity index (χ4n) is 2.90. The number of alkyl halides is 1. The standard InChI is InChI=1S/C16H20ClNO2/c17-9-8-16(6-7-16)11-18-15(19)13-5-10-20-14-4-2-1-3-12(13)14/h1-4,13H,5-11H2,(H,18,19). The molecule has 1 aromatic carbocycles. The summed E-state index contributed by atoms with van der Waals surface area (Å²) in [6.07, 6.45) is 4.12. The first-order chi connectivity index (χ1) is 9.74. The number of carbonyl (C=O) groups is 1. The van der Waals surface area contributed by atoms with Gasteiger partial charge in [-0.2, -0.15) is 0 Å². The number of halogens is 1. The van der Waals surface area contributed by atoms with Crippen LogP contribution in [0, 0.1) is 5.41 Å². The van der Waals surface area contributed by atoms with E-state index in [0.29, 0.717) is 12.5 Å². The van der Waals surface area contributed by atoms with Crippen molar-refractivity contribution in [3.63, 3.8) is 0 Å². The van der Waals surface area contributed by atoms with Crippen LogP contribution in [0.2, 0.25) is 0 Å². The molecule has 4 heteroatoms. The van der Waals surface area contributed by atoms with Crippen LogP contribution in [0.4, 0.5) is 0 Å². The summed E-state index contributed by atoms with van der Waals surface area (Å²) in [5.74, 6) is 1.57. The minimum Gasteiger partial charge on any atom is -0.493 e. The predicted octanol–water partition coefficient (Wildman–Crippen LogP) is 3.08. The second-order valence-electron chi connectivity index (χ2n) is 5.88. The first kappa shape index (κ1) is 13.7. The highest BCUT2D eigenvalue weighted by molar-refractivity contribution is 6.17. The molecule has 2 aliphatic rings. The van der Waals surface area contributed by atoms with Gasteiger partial charge in [0.05, 0.1) is 12.5 Å². The quantitative estimate of drug-likeness (QED) is 0.847. The minimum atomic E-state index is -0.0771. The van der Waals surface area contributed by atoms with E-state index in [-0.39, 0.29) is 17.2 Å². The van der Waals surface area contributed by atoms with Crippen molar-refractivity contribution >= 4 is 17.5 Å². The Balaban J connectivity index is 1.64. The largest absolute Gasteiger partial charge is 0.493 e. The molecule has 1 aliphatic heterocycles. The number of hydrogen-bond acceptors (Lipinski definition) is 2. The highest BCUT2D eigenvalue weighted by Crippen LogP contribution is 2.48. The van der Waals surface area contributed by atoms with E-state index in [9.17, 15) is 4.79 Å². The van der Waals surface area contributed by atoms with Crippen molar-refractivity contribution in [1.82, 2.24) is 5.32 Å². The number of hydrogen-bond donors (Lipinski definition) is 1. The SMILES string of the molecule is O=C(NCC1(CCCl)CC1)C1CCOc2ccccc21. The lowest BCUT2D eigenvalue weighted by atomic mass is 9.92. The molecule has 1 amide bonds. The lowest BCUT2D eigenvalue weighted by molar-refractivity contribution is -0.123. The molecule has 0 bridgehead atoms. The molecular weight excluding hydrogens is 274 g/mol. The molecule has 1 N–H and O–H groups in total. The summed E-state index contributed by atoms with van der Waals surface area (Å²) < 4.78 is 5.60. The summed E-state index contributed by atoms with van der Waals surface area (Å²) in [4.78, 5) is 12.4. The third-order valence-corrected chi connectivity index (χ3v) is 4.68. The summed E-state index contributed by atoms with van der Waals surface area (Å²) in [5.41, 5.74) is 1.29. The van der Waals surface area contributed by atoms with Gasteiger partial charge in [0.2, 0.25) is 5.91 Å². The van der Waals surface area contributed by atoms with Crippen LogP contribution >= 0.6 is 11.6 Å². The first-order valence-corrected chi connectivity index (χ1v) is 7.83. The zero-order valence-corrected chi connectivity index (χ0v) is 12.3. The smallest absolute Gasteiger partial charge is 0.227 e. The molecule has 3 nitrogen and oxygen atoms in total. The lowest BCUT2D eigenvalue weighted by Gasteiger charge is -2.26. The third kappa shape index (κ3) is 2.78. The predicted molar refractivity (Wildman–Crippen MR) is 79.3 cm³/mol. The van der Waals surface area contributed by atoms with Gasteiger partial charge in [-0.05, 0) is 37.2 Å². The maximum absolute atomic E-state index is 12.4. The molecule has 1 aromatic rings. The summed E-state index contributed by atoms with van der Waals surface area (Å²) >= 11 is 5.83. The second-order valence-corrected chi connectivity index (χ2v) is 6.26. The van der Waals surface area contributed by atoms with Crippen LogP contribution in [0.25, 0.3) is 0 Å². The average Bonchev–Trinajstić information content (AvgIpc) is 3.25. The van der Waals surface area contributed by atoms with Crippen molar-refractivity contribution in [1.29, 1.82) is 0 Å². The Morgan fingerprint density at radius 2 is 2.20 bits per heavy atom. The number of ether oxygens (including phenoxy) is 1. The van der Waals surface area contributed by atoms with Crippen LogP contribution in [0.3, 0.4) is 0 Å². The van der Waals surface area contributed by atoms with Crippen LogP contribution in [0.5, 0.6) is 5.75 Å². The summed E-state index contributed by atoms with van der Waals surface area (Å²) in [7, 11) is 0. The van der Waals surface area contributed by atoms with Gasteiger partial charge in [-0.25, -0.2) is 0 Å². The molecule has 0 saturated heterocycles. The number of fused-ring (bicyclic) bond motifs is 1. The Morgan fingerprint density at radius 1 is 1.40 bits per heavy atom. The molecule has 1 unspecified atom stereocenters. The van der Waals surface area contributed by atoms with Crippen molar-refractivity contribution in [2.75, 3.05) is 19.0 Å². The Morgan fingerprint density at radius 3 is 2.95 bits per heavy atom. The molecule has 0 spiro atoms. The first-order valence-electron chi connectivity index (χ1n) is 7.29. The van der Waals surface area contributed by atoms with E-state index < -0.39 is 0 Å². The van der Waals surface area contributed by atoms with E-state index in [1.54, 1.807) is 0 Å². The van der Waals surface area contributed by atoms with Gasteiger partial charge in [0.1, 0.15) is 5.75 Å². The van der Waals surface area contributed by atoms with Gasteiger partial charge in [-0.3, -0.25) is 4.79 Å². The Hall–Kier alpha value is -1.22. The van der Waals surface area contributed by atoms with Crippen molar-refractivity contribution in [2.24, 2.45) is 5.41 Å². The maximum atomic E-state index is 12.4. The molecular formula is C16H20ClNO2. The number of nitrogens with one attached hydrogen (secondary N) is 1. The van der Waals surface area contributed by atoms with Gasteiger partial charge in [0, 0.05) is 18.0 Å². The molecule has 0 radical (unpaired) electrons. The monoisotopic (exact) mass is 293 g/mol. The van der Waals surface area contributed by atoms with Crippen molar-refractivity contribution in [2.45, 2.75) is 31.6 Å². The van der Waals surface area contributed by atoms with Crippen molar-refractivity contribution < 1.29 is 9.53 Å². The number of amides is 1. The molecule has 0 aromatic heterocycles. The van der Waals surface area contributed by atoms with E-state index in [4.69, 9.17) is 16.3 Å². The van der Waals surface area contributed by atoms with E-state index in [0.717, 1.165) is 30.7 Å². The number of benzene rings is 1. The molecule has 108 valence electrons. The normalized spacial score (nSPS) is 22.6. The number of carbonyl (C=O) groups excluding carboxylic acids is 1. The van der Waals surface area contributed by atoms with Crippen LogP contribution in [-0.4, -0.2) is 24.9 Å². The van der Waals surface area contributed by atoms with Crippen LogP contribution in [-0.2, 0) is 4.79 Å². The molecule has 3 rings (SSSR count). The zero-order valence-electron chi connectivity index (χ0n) is 11.5. The van der Waals surface area contributed by atoms with Crippen molar-refractivity contribution in [3.8, 4) is 5.75 Å². The molecule has 1 saturated carbocycles. The van der Waals surface area contributed by atoms with E-state index >= 15 is 0 Å². The Labute approximate surface area is 124 Å². The summed E-state index contributed by atoms with van der Waals surface area (Å²) in [6.45, 7) is 1.38. The van der Waals surface area contributed by atoms with Gasteiger partial charge < -0.3 is 10.1 Å². The number of para-hydroxylation sites is 1. The van der Waals surface area contributed by atoms with E-state index in [2.05, 4.69) is 5.32 Å². The van der Waals surface area contributed by atoms with Crippen LogP contribution in [0.1, 0.15) is 37.2 Å². The van der Waals surface area contributed by atoms with Crippen molar-refractivity contribution in [3.05, 3.63) is 29.8 Å². The molecule has 1 fully saturated rings. The summed E-state index contributed by atoms with van der Waals surface area (Å²) in [6, 6.07) is 7.83. The van der Waals surface area contributed by atoms with Crippen LogP contribution < -0.4 is 10.1 Å². The highest BCUT2D eigenvalue weighted by atomic mass is 35.5.